The zero-order chi connectivity index (χ0) is 13.1. The Balaban J connectivity index is 2.15. The molecule has 1 fully saturated rings. The molecule has 1 aliphatic carbocycles. The molecule has 0 unspecified atom stereocenters. The Morgan fingerprint density at radius 1 is 1.50 bits per heavy atom. The van der Waals surface area contributed by atoms with Crippen LogP contribution in [0.25, 0.3) is 0 Å². The molecule has 0 bridgehead atoms. The van der Waals surface area contributed by atoms with Crippen molar-refractivity contribution in [3.05, 3.63) is 23.8 Å². The molecule has 0 amide bonds. The number of hydrogen-bond donors (Lipinski definition) is 2. The quantitative estimate of drug-likeness (QED) is 0.635. The van der Waals surface area contributed by atoms with Crippen LogP contribution >= 0.6 is 0 Å². The molecule has 1 saturated carbocycles. The van der Waals surface area contributed by atoms with Crippen LogP contribution in [0.2, 0.25) is 0 Å². The molecule has 0 spiro atoms. The lowest BCUT2D eigenvalue weighted by Gasteiger charge is -2.34. The highest BCUT2D eigenvalue weighted by molar-refractivity contribution is 5.96. The van der Waals surface area contributed by atoms with Gasteiger partial charge in [0.2, 0.25) is 0 Å². The first-order valence-corrected chi connectivity index (χ1v) is 6.43. The summed E-state index contributed by atoms with van der Waals surface area (Å²) in [6.07, 6.45) is 2.29. The lowest BCUT2D eigenvalue weighted by molar-refractivity contribution is 0.0527. The van der Waals surface area contributed by atoms with Crippen molar-refractivity contribution in [1.29, 1.82) is 0 Å². The maximum Gasteiger partial charge on any atom is 0.340 e. The molecule has 0 aromatic heterocycles. The third-order valence-corrected chi connectivity index (χ3v) is 3.27. The van der Waals surface area contributed by atoms with Gasteiger partial charge < -0.3 is 15.8 Å². The Hall–Kier alpha value is -1.71. The lowest BCUT2D eigenvalue weighted by atomic mass is 9.81. The van der Waals surface area contributed by atoms with Crippen molar-refractivity contribution in [2.75, 3.05) is 17.7 Å². The third kappa shape index (κ3) is 2.75. The Morgan fingerprint density at radius 2 is 2.22 bits per heavy atom. The van der Waals surface area contributed by atoms with Gasteiger partial charge in [-0.25, -0.2) is 4.79 Å². The molecule has 1 aliphatic rings. The molecule has 4 heteroatoms. The van der Waals surface area contributed by atoms with Crippen LogP contribution in [0.15, 0.2) is 18.2 Å². The van der Waals surface area contributed by atoms with Crippen molar-refractivity contribution in [2.24, 2.45) is 5.92 Å². The van der Waals surface area contributed by atoms with Gasteiger partial charge in [-0.2, -0.15) is 0 Å². The maximum absolute atomic E-state index is 11.9. The van der Waals surface area contributed by atoms with E-state index in [4.69, 9.17) is 10.5 Å². The predicted molar refractivity (Wildman–Crippen MR) is 72.6 cm³/mol. The summed E-state index contributed by atoms with van der Waals surface area (Å²) in [6, 6.07) is 5.77. The largest absolute Gasteiger partial charge is 0.462 e. The molecule has 98 valence electrons. The van der Waals surface area contributed by atoms with Gasteiger partial charge in [0.05, 0.1) is 12.2 Å². The van der Waals surface area contributed by atoms with Crippen molar-refractivity contribution < 1.29 is 9.53 Å². The number of nitrogens with two attached hydrogens (primary N) is 1. The second-order valence-corrected chi connectivity index (χ2v) is 4.94. The van der Waals surface area contributed by atoms with E-state index >= 15 is 0 Å². The molecular formula is C14H20N2O2. The molecule has 1 aromatic carbocycles. The average Bonchev–Trinajstić information content (AvgIpc) is 2.29. The van der Waals surface area contributed by atoms with Crippen LogP contribution in [0, 0.1) is 5.92 Å². The molecule has 2 rings (SSSR count). The van der Waals surface area contributed by atoms with Gasteiger partial charge in [0, 0.05) is 17.4 Å². The number of carbonyl (C=O) groups is 1. The molecule has 0 saturated heterocycles. The number of nitrogens with one attached hydrogen (secondary N) is 1. The highest BCUT2D eigenvalue weighted by Gasteiger charge is 2.26. The minimum Gasteiger partial charge on any atom is -0.462 e. The SMILES string of the molecule is CCOC(=O)c1cc(N)ccc1NC1CC(C)C1. The van der Waals surface area contributed by atoms with E-state index < -0.39 is 0 Å². The van der Waals surface area contributed by atoms with Gasteiger partial charge in [0.1, 0.15) is 0 Å². The summed E-state index contributed by atoms with van der Waals surface area (Å²) >= 11 is 0. The second-order valence-electron chi connectivity index (χ2n) is 4.94. The van der Waals surface area contributed by atoms with Crippen molar-refractivity contribution in [2.45, 2.75) is 32.7 Å². The molecule has 0 radical (unpaired) electrons. The van der Waals surface area contributed by atoms with Crippen LogP contribution in [-0.2, 0) is 4.74 Å². The number of benzene rings is 1. The predicted octanol–water partition coefficient (Wildman–Crippen LogP) is 2.66. The fourth-order valence-corrected chi connectivity index (χ4v) is 2.31. The van der Waals surface area contributed by atoms with E-state index in [1.54, 1.807) is 19.1 Å². The fourth-order valence-electron chi connectivity index (χ4n) is 2.31. The minimum absolute atomic E-state index is 0.320. The van der Waals surface area contributed by atoms with E-state index in [1.807, 2.05) is 6.07 Å². The van der Waals surface area contributed by atoms with Crippen LogP contribution in [0.4, 0.5) is 11.4 Å². The summed E-state index contributed by atoms with van der Waals surface area (Å²) in [5.74, 6) is 0.446. The van der Waals surface area contributed by atoms with Gasteiger partial charge in [-0.1, -0.05) is 6.92 Å². The van der Waals surface area contributed by atoms with Gasteiger partial charge in [-0.15, -0.1) is 0 Å². The van der Waals surface area contributed by atoms with Gasteiger partial charge in [-0.3, -0.25) is 0 Å². The van der Waals surface area contributed by atoms with Gasteiger partial charge in [-0.05, 0) is 43.9 Å². The molecule has 3 N–H and O–H groups in total. The van der Waals surface area contributed by atoms with E-state index in [0.29, 0.717) is 23.9 Å². The highest BCUT2D eigenvalue weighted by Crippen LogP contribution is 2.31. The van der Waals surface area contributed by atoms with Crippen molar-refractivity contribution in [1.82, 2.24) is 0 Å². The Labute approximate surface area is 108 Å². The van der Waals surface area contributed by atoms with Crippen LogP contribution in [-0.4, -0.2) is 18.6 Å². The summed E-state index contributed by atoms with van der Waals surface area (Å²) in [7, 11) is 0. The molecule has 18 heavy (non-hydrogen) atoms. The minimum atomic E-state index is -0.320. The first-order valence-electron chi connectivity index (χ1n) is 6.43. The zero-order valence-electron chi connectivity index (χ0n) is 10.9. The summed E-state index contributed by atoms with van der Waals surface area (Å²) in [6.45, 7) is 4.39. The smallest absolute Gasteiger partial charge is 0.340 e. The summed E-state index contributed by atoms with van der Waals surface area (Å²) in [4.78, 5) is 11.9. The van der Waals surface area contributed by atoms with Gasteiger partial charge >= 0.3 is 5.97 Å². The van der Waals surface area contributed by atoms with Crippen molar-refractivity contribution >= 4 is 17.3 Å². The lowest BCUT2D eigenvalue weighted by Crippen LogP contribution is -2.34. The van der Waals surface area contributed by atoms with E-state index in [2.05, 4.69) is 12.2 Å². The summed E-state index contributed by atoms with van der Waals surface area (Å²) < 4.78 is 5.04. The first kappa shape index (κ1) is 12.7. The first-order chi connectivity index (χ1) is 8.60. The number of esters is 1. The number of hydrogen-bond acceptors (Lipinski definition) is 4. The average molecular weight is 248 g/mol. The Morgan fingerprint density at radius 3 is 2.83 bits per heavy atom. The van der Waals surface area contributed by atoms with Crippen LogP contribution in [0.5, 0.6) is 0 Å². The van der Waals surface area contributed by atoms with Gasteiger partial charge in [0.15, 0.2) is 0 Å². The molecular weight excluding hydrogens is 228 g/mol. The zero-order valence-corrected chi connectivity index (χ0v) is 10.9. The topological polar surface area (TPSA) is 64.3 Å². The molecule has 0 atom stereocenters. The van der Waals surface area contributed by atoms with E-state index in [1.165, 1.54) is 0 Å². The number of anilines is 2. The number of nitrogen functional groups attached to an aromatic ring is 1. The monoisotopic (exact) mass is 248 g/mol. The third-order valence-electron chi connectivity index (χ3n) is 3.27. The van der Waals surface area contributed by atoms with Crippen molar-refractivity contribution in [3.63, 3.8) is 0 Å². The molecule has 0 aliphatic heterocycles. The summed E-state index contributed by atoms with van der Waals surface area (Å²) in [5.41, 5.74) is 7.64. The second kappa shape index (κ2) is 5.29. The Kier molecular flexibility index (Phi) is 3.75. The maximum atomic E-state index is 11.9. The molecule has 1 aromatic rings. The van der Waals surface area contributed by atoms with E-state index in [-0.39, 0.29) is 5.97 Å². The Bertz CT molecular complexity index is 439. The molecule has 0 heterocycles. The van der Waals surface area contributed by atoms with Crippen molar-refractivity contribution in [3.8, 4) is 0 Å². The van der Waals surface area contributed by atoms with Crippen LogP contribution < -0.4 is 11.1 Å². The number of carbonyl (C=O) groups excluding carboxylic acids is 1. The summed E-state index contributed by atoms with van der Waals surface area (Å²) in [5, 5.41) is 3.39. The number of ether oxygens (including phenoxy) is 1. The molecule has 4 nitrogen and oxygen atoms in total. The fraction of sp³-hybridized carbons (Fsp3) is 0.500. The van der Waals surface area contributed by atoms with E-state index in [9.17, 15) is 4.79 Å². The van der Waals surface area contributed by atoms with Gasteiger partial charge in [0.25, 0.3) is 0 Å². The standard InChI is InChI=1S/C14H20N2O2/c1-3-18-14(17)12-8-10(15)4-5-13(12)16-11-6-9(2)7-11/h4-5,8-9,11,16H,3,6-7,15H2,1-2H3. The van der Waals surface area contributed by atoms with Crippen LogP contribution in [0.1, 0.15) is 37.0 Å². The van der Waals surface area contributed by atoms with E-state index in [0.717, 1.165) is 24.4 Å². The highest BCUT2D eigenvalue weighted by atomic mass is 16.5. The number of rotatable bonds is 4. The van der Waals surface area contributed by atoms with Crippen LogP contribution in [0.3, 0.4) is 0 Å². The normalized spacial score (nSPS) is 22.1.